The Hall–Kier alpha value is -2.20. The zero-order chi connectivity index (χ0) is 29.4. The van der Waals surface area contributed by atoms with E-state index in [9.17, 15) is 18.0 Å². The Kier molecular flexibility index (Phi) is 11.8. The average molecular weight is 633 g/mol. The molecule has 0 unspecified atom stereocenters. The smallest absolute Gasteiger partial charge is 0.243 e. The fraction of sp³-hybridized carbons (Fsp3) is 0.500. The van der Waals surface area contributed by atoms with E-state index in [1.54, 1.807) is 30.3 Å². The van der Waals surface area contributed by atoms with Gasteiger partial charge in [-0.25, -0.2) is 8.42 Å². The van der Waals surface area contributed by atoms with Crippen LogP contribution in [0.4, 0.5) is 5.69 Å². The molecule has 1 aliphatic carbocycles. The van der Waals surface area contributed by atoms with Crippen molar-refractivity contribution < 1.29 is 22.7 Å². The quantitative estimate of drug-likeness (QED) is 0.289. The summed E-state index contributed by atoms with van der Waals surface area (Å²) in [6.45, 7) is 2.03. The fourth-order valence-corrected chi connectivity index (χ4v) is 6.61. The number of hydrogen-bond acceptors (Lipinski definition) is 5. The summed E-state index contributed by atoms with van der Waals surface area (Å²) < 4.78 is 31.6. The van der Waals surface area contributed by atoms with Gasteiger partial charge in [-0.1, -0.05) is 60.6 Å². The number of nitrogens with one attached hydrogen (secondary N) is 1. The maximum absolute atomic E-state index is 13.6. The van der Waals surface area contributed by atoms with E-state index in [2.05, 4.69) is 5.32 Å². The third-order valence-corrected chi connectivity index (χ3v) is 9.10. The van der Waals surface area contributed by atoms with Gasteiger partial charge in [-0.15, -0.1) is 0 Å². The maximum atomic E-state index is 13.6. The number of anilines is 1. The monoisotopic (exact) mass is 631 g/mol. The van der Waals surface area contributed by atoms with E-state index in [-0.39, 0.29) is 48.8 Å². The first kappa shape index (κ1) is 32.3. The first-order valence-corrected chi connectivity index (χ1v) is 16.3. The summed E-state index contributed by atoms with van der Waals surface area (Å²) in [7, 11) is -2.19. The number of carbonyl (C=O) groups is 2. The number of amides is 2. The van der Waals surface area contributed by atoms with Crippen LogP contribution in [0.5, 0.6) is 5.75 Å². The molecule has 220 valence electrons. The van der Waals surface area contributed by atoms with Gasteiger partial charge in [0.25, 0.3) is 0 Å². The van der Waals surface area contributed by atoms with Gasteiger partial charge in [0.2, 0.25) is 21.8 Å². The maximum Gasteiger partial charge on any atom is 0.243 e. The van der Waals surface area contributed by atoms with E-state index in [1.807, 2.05) is 6.92 Å². The zero-order valence-electron chi connectivity index (χ0n) is 23.0. The molecule has 1 fully saturated rings. The minimum atomic E-state index is -3.66. The Balaban J connectivity index is 1.79. The summed E-state index contributed by atoms with van der Waals surface area (Å²) in [5.74, 6) is -0.0499. The lowest BCUT2D eigenvalue weighted by atomic mass is 10.1. The molecule has 0 aliphatic heterocycles. The molecule has 12 heteroatoms. The van der Waals surface area contributed by atoms with Crippen molar-refractivity contribution in [2.75, 3.05) is 24.2 Å². The Morgan fingerprint density at radius 1 is 1.07 bits per heavy atom. The Labute approximate surface area is 251 Å². The van der Waals surface area contributed by atoms with Gasteiger partial charge in [0.15, 0.2) is 0 Å². The number of nitrogens with zero attached hydrogens (tertiary/aromatic N) is 2. The van der Waals surface area contributed by atoms with Crippen molar-refractivity contribution in [3.63, 3.8) is 0 Å². The van der Waals surface area contributed by atoms with Crippen LogP contribution in [-0.2, 0) is 26.2 Å². The molecule has 0 aromatic heterocycles. The topological polar surface area (TPSA) is 96.0 Å². The Morgan fingerprint density at radius 2 is 1.77 bits per heavy atom. The molecule has 1 atom stereocenters. The van der Waals surface area contributed by atoms with Crippen LogP contribution in [0.15, 0.2) is 36.4 Å². The van der Waals surface area contributed by atoms with E-state index in [0.717, 1.165) is 31.9 Å². The number of carbonyl (C=O) groups excluding carboxylic acids is 2. The van der Waals surface area contributed by atoms with Gasteiger partial charge in [0.05, 0.1) is 24.1 Å². The van der Waals surface area contributed by atoms with Gasteiger partial charge in [-0.05, 0) is 61.6 Å². The first-order chi connectivity index (χ1) is 18.9. The molecule has 2 amide bonds. The zero-order valence-corrected chi connectivity index (χ0v) is 26.0. The number of methoxy groups -OCH3 is 1. The van der Waals surface area contributed by atoms with Crippen LogP contribution in [0.2, 0.25) is 15.1 Å². The van der Waals surface area contributed by atoms with Crippen molar-refractivity contribution in [2.24, 2.45) is 0 Å². The highest BCUT2D eigenvalue weighted by atomic mass is 35.5. The van der Waals surface area contributed by atoms with Gasteiger partial charge < -0.3 is 15.0 Å². The summed E-state index contributed by atoms with van der Waals surface area (Å²) in [5, 5.41) is 4.25. The molecule has 0 bridgehead atoms. The van der Waals surface area contributed by atoms with Crippen molar-refractivity contribution >= 4 is 62.3 Å². The van der Waals surface area contributed by atoms with Gasteiger partial charge >= 0.3 is 0 Å². The van der Waals surface area contributed by atoms with Crippen molar-refractivity contribution in [1.29, 1.82) is 0 Å². The molecule has 1 aliphatic rings. The summed E-state index contributed by atoms with van der Waals surface area (Å²) in [4.78, 5) is 28.5. The molecule has 2 aromatic rings. The van der Waals surface area contributed by atoms with Gasteiger partial charge in [0.1, 0.15) is 11.8 Å². The number of sulfonamides is 1. The van der Waals surface area contributed by atoms with Crippen LogP contribution in [-0.4, -0.2) is 57.1 Å². The van der Waals surface area contributed by atoms with Crippen molar-refractivity contribution in [3.8, 4) is 5.75 Å². The summed E-state index contributed by atoms with van der Waals surface area (Å²) in [6.07, 6.45) is 5.75. The van der Waals surface area contributed by atoms with E-state index in [0.29, 0.717) is 33.5 Å². The van der Waals surface area contributed by atoms with Crippen LogP contribution < -0.4 is 14.4 Å². The SMILES string of the molecule is CC[C@@H](C(=O)NC1CCCC1)N(Cc1ccc(Cl)cc1Cl)C(=O)CCCN(c1ccc(OC)c(Cl)c1)S(C)(=O)=O. The molecule has 0 saturated heterocycles. The van der Waals surface area contributed by atoms with Crippen molar-refractivity contribution in [1.82, 2.24) is 10.2 Å². The molecule has 1 saturated carbocycles. The van der Waals surface area contributed by atoms with E-state index < -0.39 is 16.1 Å². The van der Waals surface area contributed by atoms with Crippen LogP contribution in [0.25, 0.3) is 0 Å². The van der Waals surface area contributed by atoms with Crippen LogP contribution in [0.3, 0.4) is 0 Å². The van der Waals surface area contributed by atoms with E-state index in [1.165, 1.54) is 22.4 Å². The predicted molar refractivity (Wildman–Crippen MR) is 161 cm³/mol. The van der Waals surface area contributed by atoms with Crippen LogP contribution in [0, 0.1) is 0 Å². The Bertz CT molecular complexity index is 1300. The molecular weight excluding hydrogens is 597 g/mol. The summed E-state index contributed by atoms with van der Waals surface area (Å²) in [6, 6.07) is 9.14. The van der Waals surface area contributed by atoms with Crippen LogP contribution >= 0.6 is 34.8 Å². The molecule has 0 spiro atoms. The van der Waals surface area contributed by atoms with E-state index in [4.69, 9.17) is 39.5 Å². The third kappa shape index (κ3) is 8.65. The molecule has 1 N–H and O–H groups in total. The number of halogens is 3. The second-order valence-corrected chi connectivity index (χ2v) is 13.1. The highest BCUT2D eigenvalue weighted by Crippen LogP contribution is 2.31. The summed E-state index contributed by atoms with van der Waals surface area (Å²) >= 11 is 18.7. The second-order valence-electron chi connectivity index (χ2n) is 9.93. The normalized spacial score (nSPS) is 14.6. The average Bonchev–Trinajstić information content (AvgIpc) is 3.39. The molecule has 2 aromatic carbocycles. The lowest BCUT2D eigenvalue weighted by Crippen LogP contribution is -2.51. The number of rotatable bonds is 13. The lowest BCUT2D eigenvalue weighted by Gasteiger charge is -2.32. The molecular formula is C28H36Cl3N3O5S. The second kappa shape index (κ2) is 14.6. The number of ether oxygens (including phenoxy) is 1. The minimum Gasteiger partial charge on any atom is -0.495 e. The predicted octanol–water partition coefficient (Wildman–Crippen LogP) is 6.07. The lowest BCUT2D eigenvalue weighted by molar-refractivity contribution is -0.141. The van der Waals surface area contributed by atoms with Crippen LogP contribution in [0.1, 0.15) is 57.4 Å². The first-order valence-electron chi connectivity index (χ1n) is 13.3. The number of hydrogen-bond donors (Lipinski definition) is 1. The molecule has 3 rings (SSSR count). The fourth-order valence-electron chi connectivity index (χ4n) is 4.93. The molecule has 0 heterocycles. The Morgan fingerprint density at radius 3 is 2.35 bits per heavy atom. The van der Waals surface area contributed by atoms with Crippen molar-refractivity contribution in [2.45, 2.75) is 70.5 Å². The highest BCUT2D eigenvalue weighted by molar-refractivity contribution is 7.92. The number of benzene rings is 2. The highest BCUT2D eigenvalue weighted by Gasteiger charge is 2.31. The standard InChI is InChI=1S/C28H36Cl3N3O5S/c1-4-25(28(36)32-21-8-5-6-9-21)33(18-19-11-12-20(29)16-23(19)30)27(35)10-7-15-34(40(3,37)38)22-13-14-26(39-2)24(31)17-22/h11-14,16-17,21,25H,4-10,15,18H2,1-3H3,(H,32,36)/t25-/m0/s1. The van der Waals surface area contributed by atoms with Gasteiger partial charge in [-0.2, -0.15) is 0 Å². The molecule has 40 heavy (non-hydrogen) atoms. The largest absolute Gasteiger partial charge is 0.495 e. The minimum absolute atomic E-state index is 0.0221. The van der Waals surface area contributed by atoms with Gasteiger partial charge in [-0.3, -0.25) is 13.9 Å². The van der Waals surface area contributed by atoms with Crippen molar-refractivity contribution in [3.05, 3.63) is 57.0 Å². The third-order valence-electron chi connectivity index (χ3n) is 7.02. The molecule has 0 radical (unpaired) electrons. The molecule has 8 nitrogen and oxygen atoms in total. The summed E-state index contributed by atoms with van der Waals surface area (Å²) in [5.41, 5.74) is 1.03. The van der Waals surface area contributed by atoms with E-state index >= 15 is 0 Å². The van der Waals surface area contributed by atoms with Gasteiger partial charge in [0, 0.05) is 35.6 Å².